The summed E-state index contributed by atoms with van der Waals surface area (Å²) in [6.07, 6.45) is 1.44. The van der Waals surface area contributed by atoms with Crippen molar-refractivity contribution in [2.24, 2.45) is 0 Å². The van der Waals surface area contributed by atoms with E-state index in [0.29, 0.717) is 5.69 Å². The molecule has 8 heteroatoms. The first-order valence-electron chi connectivity index (χ1n) is 7.92. The average Bonchev–Trinajstić information content (AvgIpc) is 3.16. The van der Waals surface area contributed by atoms with Crippen LogP contribution in [0.4, 0.5) is 0 Å². The SMILES string of the molecule is Cc1ccc(-n2cnnc2S(=O)(=O)Cc2csc(C(C)C)n2)c(C)c1. The fourth-order valence-corrected chi connectivity index (χ4v) is 4.81. The van der Waals surface area contributed by atoms with E-state index in [1.54, 1.807) is 5.38 Å². The molecule has 0 aliphatic rings. The molecule has 0 fully saturated rings. The summed E-state index contributed by atoms with van der Waals surface area (Å²) in [5, 5.41) is 10.4. The summed E-state index contributed by atoms with van der Waals surface area (Å²) in [4.78, 5) is 4.42. The summed E-state index contributed by atoms with van der Waals surface area (Å²) in [7, 11) is -3.65. The van der Waals surface area contributed by atoms with E-state index in [-0.39, 0.29) is 16.8 Å². The topological polar surface area (TPSA) is 77.7 Å². The number of rotatable bonds is 5. The Morgan fingerprint density at radius 3 is 2.64 bits per heavy atom. The lowest BCUT2D eigenvalue weighted by atomic mass is 10.1. The number of hydrogen-bond acceptors (Lipinski definition) is 6. The third kappa shape index (κ3) is 3.64. The molecule has 0 aliphatic carbocycles. The minimum Gasteiger partial charge on any atom is -0.272 e. The van der Waals surface area contributed by atoms with Crippen LogP contribution in [0.1, 0.15) is 41.6 Å². The fraction of sp³-hybridized carbons (Fsp3) is 0.353. The number of benzene rings is 1. The number of hydrogen-bond donors (Lipinski definition) is 0. The van der Waals surface area contributed by atoms with Gasteiger partial charge in [-0.2, -0.15) is 0 Å². The maximum absolute atomic E-state index is 12.9. The Hall–Kier alpha value is -2.06. The zero-order chi connectivity index (χ0) is 18.2. The zero-order valence-electron chi connectivity index (χ0n) is 14.6. The number of nitrogens with zero attached hydrogens (tertiary/aromatic N) is 4. The monoisotopic (exact) mass is 376 g/mol. The van der Waals surface area contributed by atoms with Crippen LogP contribution >= 0.6 is 11.3 Å². The molecule has 0 saturated carbocycles. The van der Waals surface area contributed by atoms with Crippen molar-refractivity contribution in [1.82, 2.24) is 19.7 Å². The highest BCUT2D eigenvalue weighted by molar-refractivity contribution is 7.90. The number of thiazole rings is 1. The molecule has 0 bridgehead atoms. The highest BCUT2D eigenvalue weighted by atomic mass is 32.2. The van der Waals surface area contributed by atoms with Gasteiger partial charge >= 0.3 is 0 Å². The molecule has 0 atom stereocenters. The zero-order valence-corrected chi connectivity index (χ0v) is 16.2. The Bertz CT molecular complexity index is 1000. The predicted octanol–water partition coefficient (Wildman–Crippen LogP) is 3.44. The van der Waals surface area contributed by atoms with Gasteiger partial charge in [0.05, 0.1) is 16.4 Å². The Labute approximate surface area is 151 Å². The van der Waals surface area contributed by atoms with E-state index in [0.717, 1.165) is 21.8 Å². The van der Waals surface area contributed by atoms with Crippen molar-refractivity contribution in [2.45, 2.75) is 44.5 Å². The summed E-state index contributed by atoms with van der Waals surface area (Å²) in [6, 6.07) is 5.82. The first-order valence-corrected chi connectivity index (χ1v) is 10.5. The van der Waals surface area contributed by atoms with Crippen molar-refractivity contribution < 1.29 is 8.42 Å². The van der Waals surface area contributed by atoms with Crippen molar-refractivity contribution in [3.05, 3.63) is 51.7 Å². The van der Waals surface area contributed by atoms with Gasteiger partial charge in [0.25, 0.3) is 5.16 Å². The molecule has 0 aliphatic heterocycles. The van der Waals surface area contributed by atoms with E-state index in [1.165, 1.54) is 22.2 Å². The van der Waals surface area contributed by atoms with E-state index in [1.807, 2.05) is 45.9 Å². The van der Waals surface area contributed by atoms with Crippen LogP contribution in [0.15, 0.2) is 35.1 Å². The molecule has 0 N–H and O–H groups in total. The van der Waals surface area contributed by atoms with Gasteiger partial charge in [0.1, 0.15) is 12.1 Å². The molecule has 2 heterocycles. The molecule has 2 aromatic heterocycles. The third-order valence-corrected chi connectivity index (χ3v) is 6.51. The first-order chi connectivity index (χ1) is 11.8. The van der Waals surface area contributed by atoms with E-state index in [2.05, 4.69) is 15.2 Å². The van der Waals surface area contributed by atoms with Gasteiger partial charge in [-0.1, -0.05) is 31.5 Å². The highest BCUT2D eigenvalue weighted by Crippen LogP contribution is 2.24. The fourth-order valence-electron chi connectivity index (χ4n) is 2.59. The van der Waals surface area contributed by atoms with Gasteiger partial charge in [0.2, 0.25) is 9.84 Å². The predicted molar refractivity (Wildman–Crippen MR) is 97.9 cm³/mol. The van der Waals surface area contributed by atoms with Gasteiger partial charge in [-0.3, -0.25) is 4.57 Å². The van der Waals surface area contributed by atoms with Crippen LogP contribution < -0.4 is 0 Å². The van der Waals surface area contributed by atoms with Crippen LogP contribution in [0, 0.1) is 13.8 Å². The average molecular weight is 377 g/mol. The quantitative estimate of drug-likeness (QED) is 0.682. The van der Waals surface area contributed by atoms with Gasteiger partial charge < -0.3 is 0 Å². The lowest BCUT2D eigenvalue weighted by molar-refractivity contribution is 0.581. The molecule has 0 radical (unpaired) electrons. The minimum atomic E-state index is -3.65. The summed E-state index contributed by atoms with van der Waals surface area (Å²) < 4.78 is 27.2. The maximum Gasteiger partial charge on any atom is 0.254 e. The molecule has 1 aromatic carbocycles. The molecular weight excluding hydrogens is 356 g/mol. The van der Waals surface area contributed by atoms with Crippen LogP contribution in [-0.4, -0.2) is 28.2 Å². The standard InChI is InChI=1S/C17H20N4O2S2/c1-11(2)16-19-14(8-24-16)9-25(22,23)17-20-18-10-21(17)15-6-5-12(3)7-13(15)4/h5-8,10-11H,9H2,1-4H3. The van der Waals surface area contributed by atoms with Crippen LogP contribution in [0.5, 0.6) is 0 Å². The van der Waals surface area contributed by atoms with Crippen molar-refractivity contribution in [1.29, 1.82) is 0 Å². The second-order valence-electron chi connectivity index (χ2n) is 6.36. The first kappa shape index (κ1) is 17.8. The second kappa shape index (κ2) is 6.68. The summed E-state index contributed by atoms with van der Waals surface area (Å²) in [6.45, 7) is 8.00. The van der Waals surface area contributed by atoms with E-state index in [4.69, 9.17) is 0 Å². The number of aryl methyl sites for hydroxylation is 2. The van der Waals surface area contributed by atoms with Crippen molar-refractivity contribution >= 4 is 21.2 Å². The molecule has 6 nitrogen and oxygen atoms in total. The molecule has 0 spiro atoms. The second-order valence-corrected chi connectivity index (χ2v) is 9.14. The minimum absolute atomic E-state index is 0.0569. The molecule has 3 rings (SSSR count). The van der Waals surface area contributed by atoms with E-state index < -0.39 is 9.84 Å². The number of aromatic nitrogens is 4. The van der Waals surface area contributed by atoms with Crippen LogP contribution in [0.3, 0.4) is 0 Å². The Morgan fingerprint density at radius 1 is 1.24 bits per heavy atom. The highest BCUT2D eigenvalue weighted by Gasteiger charge is 2.25. The smallest absolute Gasteiger partial charge is 0.254 e. The molecule has 25 heavy (non-hydrogen) atoms. The summed E-state index contributed by atoms with van der Waals surface area (Å²) in [5.74, 6) is 0.0973. The van der Waals surface area contributed by atoms with Crippen LogP contribution in [0.25, 0.3) is 5.69 Å². The van der Waals surface area contributed by atoms with Crippen LogP contribution in [-0.2, 0) is 15.6 Å². The molecule has 0 amide bonds. The van der Waals surface area contributed by atoms with Gasteiger partial charge in [0.15, 0.2) is 0 Å². The van der Waals surface area contributed by atoms with Crippen molar-refractivity contribution in [3.63, 3.8) is 0 Å². The van der Waals surface area contributed by atoms with E-state index in [9.17, 15) is 8.42 Å². The van der Waals surface area contributed by atoms with Gasteiger partial charge in [-0.15, -0.1) is 21.5 Å². The van der Waals surface area contributed by atoms with Gasteiger partial charge in [-0.05, 0) is 25.5 Å². The molecule has 0 saturated heterocycles. The largest absolute Gasteiger partial charge is 0.272 e. The van der Waals surface area contributed by atoms with Gasteiger partial charge in [0, 0.05) is 11.3 Å². The van der Waals surface area contributed by atoms with Gasteiger partial charge in [-0.25, -0.2) is 13.4 Å². The molecule has 0 unspecified atom stereocenters. The molecular formula is C17H20N4O2S2. The van der Waals surface area contributed by atoms with E-state index >= 15 is 0 Å². The maximum atomic E-state index is 12.9. The van der Waals surface area contributed by atoms with Crippen LogP contribution in [0.2, 0.25) is 0 Å². The lowest BCUT2D eigenvalue weighted by Gasteiger charge is -2.10. The Balaban J connectivity index is 1.97. The van der Waals surface area contributed by atoms with Crippen molar-refractivity contribution in [2.75, 3.05) is 0 Å². The Morgan fingerprint density at radius 2 is 2.00 bits per heavy atom. The lowest BCUT2D eigenvalue weighted by Crippen LogP contribution is -2.13. The number of sulfone groups is 1. The Kier molecular flexibility index (Phi) is 4.75. The van der Waals surface area contributed by atoms with Crippen molar-refractivity contribution in [3.8, 4) is 5.69 Å². The summed E-state index contributed by atoms with van der Waals surface area (Å²) >= 11 is 1.48. The third-order valence-electron chi connectivity index (χ3n) is 3.81. The molecule has 132 valence electrons. The normalized spacial score (nSPS) is 12.0. The summed E-state index contributed by atoms with van der Waals surface area (Å²) in [5.41, 5.74) is 3.38. The molecule has 3 aromatic rings.